The van der Waals surface area contributed by atoms with Gasteiger partial charge in [0.05, 0.1) is 0 Å². The fourth-order valence-electron chi connectivity index (χ4n) is 1.83. The van der Waals surface area contributed by atoms with Crippen LogP contribution in [0.15, 0.2) is 30.6 Å². The molecular formula is C14H17FN4O. The number of hydrogen-bond donors (Lipinski definition) is 1. The monoisotopic (exact) mass is 276 g/mol. The number of nitrogens with one attached hydrogen (secondary N) is 1. The van der Waals surface area contributed by atoms with E-state index in [1.54, 1.807) is 29.8 Å². The summed E-state index contributed by atoms with van der Waals surface area (Å²) in [4.78, 5) is 12.0. The summed E-state index contributed by atoms with van der Waals surface area (Å²) in [7, 11) is 1.75. The van der Waals surface area contributed by atoms with E-state index in [1.165, 1.54) is 12.4 Å². The number of halogens is 1. The van der Waals surface area contributed by atoms with E-state index in [2.05, 4.69) is 15.5 Å². The summed E-state index contributed by atoms with van der Waals surface area (Å²) in [6.07, 6.45) is 2.62. The first-order chi connectivity index (χ1) is 9.58. The van der Waals surface area contributed by atoms with Gasteiger partial charge in [-0.05, 0) is 24.5 Å². The van der Waals surface area contributed by atoms with E-state index in [-0.39, 0.29) is 17.6 Å². The highest BCUT2D eigenvalue weighted by Gasteiger charge is 2.15. The molecule has 6 heteroatoms. The van der Waals surface area contributed by atoms with Gasteiger partial charge < -0.3 is 4.57 Å². The number of aromatic nitrogens is 3. The predicted octanol–water partition coefficient (Wildman–Crippen LogP) is 2.16. The van der Waals surface area contributed by atoms with Gasteiger partial charge in [0, 0.05) is 13.0 Å². The zero-order valence-electron chi connectivity index (χ0n) is 11.5. The van der Waals surface area contributed by atoms with E-state index < -0.39 is 0 Å². The first-order valence-electron chi connectivity index (χ1n) is 6.46. The van der Waals surface area contributed by atoms with E-state index in [9.17, 15) is 9.18 Å². The van der Waals surface area contributed by atoms with Crippen molar-refractivity contribution in [3.8, 4) is 0 Å². The molecule has 0 aliphatic rings. The van der Waals surface area contributed by atoms with Crippen LogP contribution < -0.4 is 5.32 Å². The summed E-state index contributed by atoms with van der Waals surface area (Å²) < 4.78 is 15.1. The van der Waals surface area contributed by atoms with E-state index in [0.717, 1.165) is 0 Å². The molecule has 2 aromatic rings. The second kappa shape index (κ2) is 6.27. The summed E-state index contributed by atoms with van der Waals surface area (Å²) >= 11 is 0. The SMILES string of the molecule is CC(CCc1ccccc1F)C(=O)Nc1nncn1C. The maximum Gasteiger partial charge on any atom is 0.230 e. The Morgan fingerprint density at radius 2 is 2.20 bits per heavy atom. The van der Waals surface area contributed by atoms with Gasteiger partial charge in [-0.1, -0.05) is 25.1 Å². The van der Waals surface area contributed by atoms with Gasteiger partial charge in [-0.15, -0.1) is 10.2 Å². The average molecular weight is 276 g/mol. The molecule has 1 aromatic heterocycles. The second-order valence-corrected chi connectivity index (χ2v) is 4.79. The first kappa shape index (κ1) is 14.2. The minimum Gasteiger partial charge on any atom is -0.303 e. The highest BCUT2D eigenvalue weighted by molar-refractivity contribution is 5.90. The van der Waals surface area contributed by atoms with Crippen LogP contribution in [0.4, 0.5) is 10.3 Å². The Morgan fingerprint density at radius 3 is 2.85 bits per heavy atom. The summed E-state index contributed by atoms with van der Waals surface area (Å²) in [5.41, 5.74) is 0.630. The topological polar surface area (TPSA) is 59.8 Å². The molecule has 0 saturated heterocycles. The van der Waals surface area contributed by atoms with Gasteiger partial charge in [0.2, 0.25) is 11.9 Å². The maximum atomic E-state index is 13.5. The van der Waals surface area contributed by atoms with Crippen molar-refractivity contribution in [2.24, 2.45) is 13.0 Å². The van der Waals surface area contributed by atoms with E-state index >= 15 is 0 Å². The molecule has 0 radical (unpaired) electrons. The highest BCUT2D eigenvalue weighted by atomic mass is 19.1. The van der Waals surface area contributed by atoms with Crippen LogP contribution in [-0.4, -0.2) is 20.7 Å². The van der Waals surface area contributed by atoms with Crippen LogP contribution in [0.25, 0.3) is 0 Å². The third kappa shape index (κ3) is 3.40. The lowest BCUT2D eigenvalue weighted by Crippen LogP contribution is -2.22. The van der Waals surface area contributed by atoms with Gasteiger partial charge in [0.25, 0.3) is 0 Å². The smallest absolute Gasteiger partial charge is 0.230 e. The molecule has 0 aliphatic heterocycles. The standard InChI is InChI=1S/C14H17FN4O/c1-10(7-8-11-5-3-4-6-12(11)15)13(20)17-14-18-16-9-19(14)2/h3-6,9-10H,7-8H2,1-2H3,(H,17,18,20). The first-order valence-corrected chi connectivity index (χ1v) is 6.46. The fourth-order valence-corrected chi connectivity index (χ4v) is 1.83. The molecule has 5 nitrogen and oxygen atoms in total. The van der Waals surface area contributed by atoms with E-state index in [4.69, 9.17) is 0 Å². The van der Waals surface area contributed by atoms with Gasteiger partial charge in [-0.25, -0.2) is 4.39 Å². The van der Waals surface area contributed by atoms with Crippen LogP contribution in [-0.2, 0) is 18.3 Å². The molecule has 0 spiro atoms. The van der Waals surface area contributed by atoms with Crippen LogP contribution in [0.5, 0.6) is 0 Å². The second-order valence-electron chi connectivity index (χ2n) is 4.79. The fraction of sp³-hybridized carbons (Fsp3) is 0.357. The third-order valence-corrected chi connectivity index (χ3v) is 3.20. The molecule has 1 unspecified atom stereocenters. The van der Waals surface area contributed by atoms with Crippen molar-refractivity contribution in [1.82, 2.24) is 14.8 Å². The lowest BCUT2D eigenvalue weighted by molar-refractivity contribution is -0.119. The number of anilines is 1. The molecular weight excluding hydrogens is 259 g/mol. The largest absolute Gasteiger partial charge is 0.303 e. The number of carbonyl (C=O) groups is 1. The summed E-state index contributed by atoms with van der Waals surface area (Å²) in [6.45, 7) is 1.81. The number of rotatable bonds is 5. The lowest BCUT2D eigenvalue weighted by atomic mass is 10.00. The number of nitrogens with zero attached hydrogens (tertiary/aromatic N) is 3. The number of carbonyl (C=O) groups excluding carboxylic acids is 1. The molecule has 0 bridgehead atoms. The Bertz CT molecular complexity index is 596. The number of hydrogen-bond acceptors (Lipinski definition) is 3. The molecule has 2 rings (SSSR count). The third-order valence-electron chi connectivity index (χ3n) is 3.20. The van der Waals surface area contributed by atoms with Gasteiger partial charge in [-0.3, -0.25) is 10.1 Å². The molecule has 1 atom stereocenters. The van der Waals surface area contributed by atoms with Crippen LogP contribution >= 0.6 is 0 Å². The number of benzene rings is 1. The molecule has 106 valence electrons. The number of aryl methyl sites for hydroxylation is 2. The molecule has 20 heavy (non-hydrogen) atoms. The minimum absolute atomic E-state index is 0.141. The van der Waals surface area contributed by atoms with Crippen molar-refractivity contribution in [1.29, 1.82) is 0 Å². The zero-order chi connectivity index (χ0) is 14.5. The Kier molecular flexibility index (Phi) is 4.45. The van der Waals surface area contributed by atoms with Crippen molar-refractivity contribution in [3.05, 3.63) is 42.0 Å². The highest BCUT2D eigenvalue weighted by Crippen LogP contribution is 2.14. The molecule has 1 heterocycles. The van der Waals surface area contributed by atoms with Gasteiger partial charge in [0.15, 0.2) is 0 Å². The van der Waals surface area contributed by atoms with Gasteiger partial charge in [-0.2, -0.15) is 0 Å². The Hall–Kier alpha value is -2.24. The van der Waals surface area contributed by atoms with Crippen LogP contribution in [0.2, 0.25) is 0 Å². The summed E-state index contributed by atoms with van der Waals surface area (Å²) in [6, 6.07) is 6.62. The van der Waals surface area contributed by atoms with Crippen molar-refractivity contribution in [3.63, 3.8) is 0 Å². The number of amides is 1. The normalized spacial score (nSPS) is 12.2. The summed E-state index contributed by atoms with van der Waals surface area (Å²) in [5.74, 6) is -0.190. The predicted molar refractivity (Wildman–Crippen MR) is 73.5 cm³/mol. The molecule has 0 fully saturated rings. The van der Waals surface area contributed by atoms with Gasteiger partial charge >= 0.3 is 0 Å². The van der Waals surface area contributed by atoms with E-state index in [0.29, 0.717) is 24.4 Å². The molecule has 1 N–H and O–H groups in total. The van der Waals surface area contributed by atoms with Crippen LogP contribution in [0.3, 0.4) is 0 Å². The van der Waals surface area contributed by atoms with Crippen molar-refractivity contribution < 1.29 is 9.18 Å². The summed E-state index contributed by atoms with van der Waals surface area (Å²) in [5, 5.41) is 10.2. The van der Waals surface area contributed by atoms with Crippen molar-refractivity contribution in [2.75, 3.05) is 5.32 Å². The molecule has 0 saturated carbocycles. The van der Waals surface area contributed by atoms with E-state index in [1.807, 2.05) is 6.92 Å². The van der Waals surface area contributed by atoms with Crippen LogP contribution in [0.1, 0.15) is 18.9 Å². The van der Waals surface area contributed by atoms with Gasteiger partial charge in [0.1, 0.15) is 12.1 Å². The molecule has 0 aliphatic carbocycles. The van der Waals surface area contributed by atoms with Crippen molar-refractivity contribution in [2.45, 2.75) is 19.8 Å². The zero-order valence-corrected chi connectivity index (χ0v) is 11.5. The lowest BCUT2D eigenvalue weighted by Gasteiger charge is -2.11. The van der Waals surface area contributed by atoms with Crippen LogP contribution in [0, 0.1) is 11.7 Å². The maximum absolute atomic E-state index is 13.5. The molecule has 1 amide bonds. The minimum atomic E-state index is -0.230. The Balaban J connectivity index is 1.89. The Morgan fingerprint density at radius 1 is 1.45 bits per heavy atom. The average Bonchev–Trinajstić information content (AvgIpc) is 2.83. The van der Waals surface area contributed by atoms with Crippen molar-refractivity contribution >= 4 is 11.9 Å². The quantitative estimate of drug-likeness (QED) is 0.910. The Labute approximate surface area is 116 Å². The molecule has 1 aromatic carbocycles.